The quantitative estimate of drug-likeness (QED) is 0.582. The molecule has 0 saturated carbocycles. The van der Waals surface area contributed by atoms with Gasteiger partial charge < -0.3 is 4.74 Å². The normalized spacial score (nSPS) is 9.18. The van der Waals surface area contributed by atoms with Crippen LogP contribution in [0.2, 0.25) is 0 Å². The molecule has 17 heavy (non-hydrogen) atoms. The van der Waals surface area contributed by atoms with Gasteiger partial charge in [-0.2, -0.15) is 0 Å². The minimum absolute atomic E-state index is 0.175. The summed E-state index contributed by atoms with van der Waals surface area (Å²) in [7, 11) is 0. The van der Waals surface area contributed by atoms with Crippen LogP contribution in [-0.4, -0.2) is 12.6 Å². The number of unbranched alkanes of at least 4 members (excludes halogenated alkanes) is 2. The Labute approximate surface area is 105 Å². The summed E-state index contributed by atoms with van der Waals surface area (Å²) >= 11 is 0. The molecule has 0 fully saturated rings. The van der Waals surface area contributed by atoms with Gasteiger partial charge in [0.15, 0.2) is 0 Å². The van der Waals surface area contributed by atoms with Crippen LogP contribution in [0.4, 0.5) is 0 Å². The van der Waals surface area contributed by atoms with Gasteiger partial charge >= 0.3 is 5.97 Å². The fourth-order valence-electron chi connectivity index (χ4n) is 1.20. The van der Waals surface area contributed by atoms with Gasteiger partial charge in [0.2, 0.25) is 0 Å². The summed E-state index contributed by atoms with van der Waals surface area (Å²) in [5.74, 6) is -0.175. The van der Waals surface area contributed by atoms with Crippen LogP contribution in [0.3, 0.4) is 0 Å². The van der Waals surface area contributed by atoms with Crippen LogP contribution >= 0.6 is 0 Å². The number of benzene rings is 1. The SMILES string of the molecule is CCCCCOC(C)=O.Cc1ccc(C)cc1. The number of hydrogen-bond donors (Lipinski definition) is 0. The molecule has 0 saturated heterocycles. The lowest BCUT2D eigenvalue weighted by atomic mass is 10.2. The summed E-state index contributed by atoms with van der Waals surface area (Å²) in [4.78, 5) is 10.2. The molecular weight excluding hydrogens is 212 g/mol. The molecule has 0 spiro atoms. The van der Waals surface area contributed by atoms with Gasteiger partial charge in [0.1, 0.15) is 0 Å². The van der Waals surface area contributed by atoms with Gasteiger partial charge in [-0.25, -0.2) is 0 Å². The molecule has 1 aromatic rings. The number of hydrogen-bond acceptors (Lipinski definition) is 2. The molecule has 0 aliphatic heterocycles. The smallest absolute Gasteiger partial charge is 0.302 e. The lowest BCUT2D eigenvalue weighted by molar-refractivity contribution is -0.141. The summed E-state index contributed by atoms with van der Waals surface area (Å²) in [5, 5.41) is 0. The number of carbonyl (C=O) groups excluding carboxylic acids is 1. The van der Waals surface area contributed by atoms with Crippen LogP contribution < -0.4 is 0 Å². The van der Waals surface area contributed by atoms with Crippen molar-refractivity contribution in [1.82, 2.24) is 0 Å². The number of ether oxygens (including phenoxy) is 1. The second-order valence-electron chi connectivity index (χ2n) is 4.20. The van der Waals surface area contributed by atoms with Gasteiger partial charge in [-0.05, 0) is 20.3 Å². The van der Waals surface area contributed by atoms with Gasteiger partial charge in [0.25, 0.3) is 0 Å². The lowest BCUT2D eigenvalue weighted by Crippen LogP contribution is -1.99. The van der Waals surface area contributed by atoms with Gasteiger partial charge in [-0.15, -0.1) is 0 Å². The zero-order chi connectivity index (χ0) is 13.1. The highest BCUT2D eigenvalue weighted by Crippen LogP contribution is 1.99. The highest BCUT2D eigenvalue weighted by Gasteiger charge is 1.89. The van der Waals surface area contributed by atoms with E-state index in [0.29, 0.717) is 6.61 Å². The predicted molar refractivity (Wildman–Crippen MR) is 72.1 cm³/mol. The minimum atomic E-state index is -0.175. The van der Waals surface area contributed by atoms with E-state index < -0.39 is 0 Å². The van der Waals surface area contributed by atoms with Crippen LogP contribution in [0.1, 0.15) is 44.2 Å². The Morgan fingerprint density at radius 2 is 1.53 bits per heavy atom. The molecule has 0 atom stereocenters. The second-order valence-corrected chi connectivity index (χ2v) is 4.20. The molecule has 0 amide bonds. The largest absolute Gasteiger partial charge is 0.466 e. The maximum absolute atomic E-state index is 10.2. The summed E-state index contributed by atoms with van der Waals surface area (Å²) < 4.78 is 4.70. The Hall–Kier alpha value is -1.31. The van der Waals surface area contributed by atoms with Crippen LogP contribution in [0.15, 0.2) is 24.3 Å². The topological polar surface area (TPSA) is 26.3 Å². The molecule has 0 N–H and O–H groups in total. The average molecular weight is 236 g/mol. The summed E-state index contributed by atoms with van der Waals surface area (Å²) in [6.07, 6.45) is 3.31. The van der Waals surface area contributed by atoms with Gasteiger partial charge in [0, 0.05) is 6.92 Å². The number of esters is 1. The molecule has 0 aliphatic carbocycles. The zero-order valence-electron chi connectivity index (χ0n) is 11.5. The molecule has 96 valence electrons. The van der Waals surface area contributed by atoms with E-state index in [-0.39, 0.29) is 5.97 Å². The summed E-state index contributed by atoms with van der Waals surface area (Å²) in [5.41, 5.74) is 2.66. The first-order chi connectivity index (χ1) is 8.06. The molecule has 0 radical (unpaired) electrons. The van der Waals surface area contributed by atoms with Crippen molar-refractivity contribution >= 4 is 5.97 Å². The first-order valence-electron chi connectivity index (χ1n) is 6.23. The standard InChI is InChI=1S/C8H10.C7H14O2/c1-7-3-5-8(2)6-4-7;1-3-4-5-6-9-7(2)8/h3-6H,1-2H3;3-6H2,1-2H3. The van der Waals surface area contributed by atoms with Crippen molar-refractivity contribution in [2.24, 2.45) is 0 Å². The van der Waals surface area contributed by atoms with E-state index in [0.717, 1.165) is 12.8 Å². The fourth-order valence-corrected chi connectivity index (χ4v) is 1.20. The first-order valence-corrected chi connectivity index (χ1v) is 6.23. The van der Waals surface area contributed by atoms with E-state index in [1.165, 1.54) is 24.5 Å². The third kappa shape index (κ3) is 11.0. The second kappa shape index (κ2) is 9.88. The summed E-state index contributed by atoms with van der Waals surface area (Å²) in [6.45, 7) is 8.34. The molecule has 1 rings (SSSR count). The van der Waals surface area contributed by atoms with E-state index in [2.05, 4.69) is 45.0 Å². The Morgan fingerprint density at radius 1 is 1.06 bits per heavy atom. The van der Waals surface area contributed by atoms with Crippen molar-refractivity contribution in [3.8, 4) is 0 Å². The molecular formula is C15H24O2. The van der Waals surface area contributed by atoms with E-state index in [9.17, 15) is 4.79 Å². The van der Waals surface area contributed by atoms with Gasteiger partial charge in [-0.1, -0.05) is 55.2 Å². The lowest BCUT2D eigenvalue weighted by Gasteiger charge is -1.98. The first kappa shape index (κ1) is 15.7. The molecule has 0 aromatic heterocycles. The predicted octanol–water partition coefficient (Wildman–Crippen LogP) is 4.04. The van der Waals surface area contributed by atoms with Crippen molar-refractivity contribution in [2.75, 3.05) is 6.61 Å². The number of aryl methyl sites for hydroxylation is 2. The van der Waals surface area contributed by atoms with Crippen LogP contribution in [0.25, 0.3) is 0 Å². The van der Waals surface area contributed by atoms with Crippen molar-refractivity contribution in [3.63, 3.8) is 0 Å². The third-order valence-electron chi connectivity index (χ3n) is 2.27. The van der Waals surface area contributed by atoms with E-state index >= 15 is 0 Å². The monoisotopic (exact) mass is 236 g/mol. The van der Waals surface area contributed by atoms with Crippen molar-refractivity contribution in [1.29, 1.82) is 0 Å². The van der Waals surface area contributed by atoms with Crippen molar-refractivity contribution in [3.05, 3.63) is 35.4 Å². The maximum atomic E-state index is 10.2. The Morgan fingerprint density at radius 3 is 1.88 bits per heavy atom. The molecule has 1 aromatic carbocycles. The highest BCUT2D eigenvalue weighted by molar-refractivity contribution is 5.65. The van der Waals surface area contributed by atoms with E-state index in [1.54, 1.807) is 0 Å². The van der Waals surface area contributed by atoms with E-state index in [4.69, 9.17) is 4.74 Å². The average Bonchev–Trinajstić information content (AvgIpc) is 2.29. The maximum Gasteiger partial charge on any atom is 0.302 e. The Kier molecular flexibility index (Phi) is 9.12. The minimum Gasteiger partial charge on any atom is -0.466 e. The highest BCUT2D eigenvalue weighted by atomic mass is 16.5. The molecule has 0 unspecified atom stereocenters. The number of carbonyl (C=O) groups is 1. The molecule has 2 heteroatoms. The van der Waals surface area contributed by atoms with Crippen molar-refractivity contribution < 1.29 is 9.53 Å². The fraction of sp³-hybridized carbons (Fsp3) is 0.533. The Balaban J connectivity index is 0.000000302. The van der Waals surface area contributed by atoms with Gasteiger partial charge in [-0.3, -0.25) is 4.79 Å². The molecule has 0 heterocycles. The van der Waals surface area contributed by atoms with Gasteiger partial charge in [0.05, 0.1) is 6.61 Å². The molecule has 0 bridgehead atoms. The van der Waals surface area contributed by atoms with Crippen LogP contribution in [-0.2, 0) is 9.53 Å². The zero-order valence-corrected chi connectivity index (χ0v) is 11.5. The Bertz CT molecular complexity index is 280. The molecule has 0 aliphatic rings. The van der Waals surface area contributed by atoms with Crippen LogP contribution in [0.5, 0.6) is 0 Å². The third-order valence-corrected chi connectivity index (χ3v) is 2.27. The molecule has 2 nitrogen and oxygen atoms in total. The van der Waals surface area contributed by atoms with E-state index in [1.807, 2.05) is 0 Å². The summed E-state index contributed by atoms with van der Waals surface area (Å²) in [6, 6.07) is 8.48. The van der Waals surface area contributed by atoms with Crippen molar-refractivity contribution in [2.45, 2.75) is 47.0 Å². The number of rotatable bonds is 4. The van der Waals surface area contributed by atoms with Crippen LogP contribution in [0, 0.1) is 13.8 Å².